The fourth-order valence-electron chi connectivity index (χ4n) is 5.83. The third-order valence-corrected chi connectivity index (χ3v) is 14.4. The quantitative estimate of drug-likeness (QED) is 0.226. The lowest BCUT2D eigenvalue weighted by Gasteiger charge is -2.42. The Morgan fingerprint density at radius 2 is 1.82 bits per heavy atom. The van der Waals surface area contributed by atoms with Crippen molar-refractivity contribution in [2.24, 2.45) is 0 Å². The van der Waals surface area contributed by atoms with Gasteiger partial charge in [0.05, 0.1) is 39.0 Å². The highest BCUT2D eigenvalue weighted by molar-refractivity contribution is 6.74. The predicted octanol–water partition coefficient (Wildman–Crippen LogP) is 6.68. The fourth-order valence-corrected chi connectivity index (χ4v) is 7.16. The maximum Gasteiger partial charge on any atom is 0.410 e. The molecule has 14 heteroatoms. The third-order valence-electron chi connectivity index (χ3n) is 9.85. The van der Waals surface area contributed by atoms with E-state index in [4.69, 9.17) is 28.6 Å². The number of aromatic nitrogens is 2. The lowest BCUT2D eigenvalue weighted by molar-refractivity contribution is 0.0338. The fraction of sp³-hybridized carbons (Fsp3) is 0.694. The molecule has 0 saturated carbocycles. The van der Waals surface area contributed by atoms with Crippen LogP contribution < -0.4 is 15.0 Å². The van der Waals surface area contributed by atoms with Crippen molar-refractivity contribution >= 4 is 26.0 Å². The highest BCUT2D eigenvalue weighted by Gasteiger charge is 2.41. The molecule has 0 bridgehead atoms. The number of amides is 1. The summed E-state index contributed by atoms with van der Waals surface area (Å²) in [5.41, 5.74) is 1.20. The Morgan fingerprint density at radius 1 is 1.12 bits per heavy atom. The standard InChI is InChI=1S/C36H58F2N6O5Si/c1-25-31(39-27-14-19-47-23-27)40-32(41-33(25)43-17-15-42(16-18-43)22-30(37)38)26-12-11-13-28(20-26)48-24-29(49-50(9,10)36(5,6)7)21-44(34(45)46-8)35(2,3)4/h11-13,20,27,29-30H,14-19,21-24H2,1-10H3,(H,39,40,41)/t27-,29?/m1/s1. The third kappa shape index (κ3) is 10.5. The van der Waals surface area contributed by atoms with Gasteiger partial charge in [0.1, 0.15) is 24.0 Å². The molecule has 11 nitrogen and oxygen atoms in total. The van der Waals surface area contributed by atoms with Gasteiger partial charge in [0.2, 0.25) is 0 Å². The van der Waals surface area contributed by atoms with Crippen LogP contribution in [0.2, 0.25) is 18.1 Å². The van der Waals surface area contributed by atoms with E-state index in [-0.39, 0.29) is 24.2 Å². The largest absolute Gasteiger partial charge is 0.491 e. The first-order valence-electron chi connectivity index (χ1n) is 17.6. The summed E-state index contributed by atoms with van der Waals surface area (Å²) in [5, 5.41) is 3.52. The smallest absolute Gasteiger partial charge is 0.410 e. The van der Waals surface area contributed by atoms with Crippen molar-refractivity contribution in [2.45, 2.75) is 97.1 Å². The molecule has 0 spiro atoms. The van der Waals surface area contributed by atoms with E-state index in [0.29, 0.717) is 57.5 Å². The van der Waals surface area contributed by atoms with Crippen molar-refractivity contribution in [3.8, 4) is 17.1 Å². The average molecular weight is 721 g/mol. The summed E-state index contributed by atoms with van der Waals surface area (Å²) in [6, 6.07) is 7.81. The molecule has 0 radical (unpaired) electrons. The lowest BCUT2D eigenvalue weighted by atomic mass is 10.1. The molecule has 1 aromatic carbocycles. The van der Waals surface area contributed by atoms with Crippen molar-refractivity contribution in [3.05, 3.63) is 29.8 Å². The summed E-state index contributed by atoms with van der Waals surface area (Å²) in [4.78, 5) is 28.5. The molecule has 3 heterocycles. The molecule has 280 valence electrons. The monoisotopic (exact) mass is 720 g/mol. The Hall–Kier alpha value is -3.07. The summed E-state index contributed by atoms with van der Waals surface area (Å²) in [6.07, 6.45) is -2.30. The number of benzene rings is 1. The molecule has 2 fully saturated rings. The van der Waals surface area contributed by atoms with Crippen LogP contribution in [0.25, 0.3) is 11.4 Å². The summed E-state index contributed by atoms with van der Waals surface area (Å²) in [5.74, 6) is 2.67. The molecule has 2 aliphatic rings. The van der Waals surface area contributed by atoms with Gasteiger partial charge in [0.25, 0.3) is 6.43 Å². The molecular weight excluding hydrogens is 663 g/mol. The first-order valence-corrected chi connectivity index (χ1v) is 20.5. The zero-order chi connectivity index (χ0) is 36.9. The second-order valence-electron chi connectivity index (χ2n) is 15.8. The Morgan fingerprint density at radius 3 is 2.40 bits per heavy atom. The van der Waals surface area contributed by atoms with Gasteiger partial charge >= 0.3 is 6.09 Å². The molecule has 1 N–H and O–H groups in total. The molecule has 1 amide bonds. The maximum absolute atomic E-state index is 13.1. The maximum atomic E-state index is 13.1. The van der Waals surface area contributed by atoms with Crippen LogP contribution in [-0.4, -0.2) is 124 Å². The van der Waals surface area contributed by atoms with Gasteiger partial charge in [-0.3, -0.25) is 4.90 Å². The molecule has 1 aromatic heterocycles. The number of carbonyl (C=O) groups excluding carboxylic acids is 1. The second-order valence-corrected chi connectivity index (χ2v) is 20.6. The Bertz CT molecular complexity index is 1420. The van der Waals surface area contributed by atoms with Gasteiger partial charge in [-0.2, -0.15) is 0 Å². The minimum atomic E-state index is -2.35. The first-order chi connectivity index (χ1) is 23.4. The number of nitrogens with one attached hydrogen (secondary N) is 1. The van der Waals surface area contributed by atoms with E-state index < -0.39 is 32.5 Å². The number of hydrogen-bond acceptors (Lipinski definition) is 10. The lowest BCUT2D eigenvalue weighted by Crippen LogP contribution is -2.54. The molecule has 0 aliphatic carbocycles. The molecular formula is C36H58F2N6O5Si. The van der Waals surface area contributed by atoms with Crippen LogP contribution in [0.3, 0.4) is 0 Å². The molecule has 2 atom stereocenters. The number of rotatable bonds is 13. The highest BCUT2D eigenvalue weighted by atomic mass is 28.4. The highest BCUT2D eigenvalue weighted by Crippen LogP contribution is 2.38. The van der Waals surface area contributed by atoms with Crippen molar-refractivity contribution in [2.75, 3.05) is 76.4 Å². The number of piperazine rings is 1. The summed E-state index contributed by atoms with van der Waals surface area (Å²) >= 11 is 0. The normalized spacial score (nSPS) is 18.3. The van der Waals surface area contributed by atoms with Crippen molar-refractivity contribution in [3.63, 3.8) is 0 Å². The number of carbonyl (C=O) groups is 1. The van der Waals surface area contributed by atoms with E-state index in [1.165, 1.54) is 7.11 Å². The van der Waals surface area contributed by atoms with E-state index in [9.17, 15) is 13.6 Å². The van der Waals surface area contributed by atoms with Gasteiger partial charge < -0.3 is 33.8 Å². The molecule has 4 rings (SSSR count). The van der Waals surface area contributed by atoms with Crippen LogP contribution >= 0.6 is 0 Å². The van der Waals surface area contributed by atoms with Crippen molar-refractivity contribution in [1.29, 1.82) is 0 Å². The Kier molecular flexibility index (Phi) is 13.1. The SMILES string of the molecule is COC(=O)N(CC(COc1cccc(-c2nc(N[C@@H]3CCOC3)c(C)c(N3CCN(CC(F)F)CC3)n2)c1)O[Si](C)(C)C(C)(C)C)C(C)(C)C. The van der Waals surface area contributed by atoms with Crippen LogP contribution in [0, 0.1) is 6.92 Å². The van der Waals surface area contributed by atoms with E-state index in [2.05, 4.69) is 44.1 Å². The van der Waals surface area contributed by atoms with Gasteiger partial charge in [-0.15, -0.1) is 0 Å². The van der Waals surface area contributed by atoms with Gasteiger partial charge in [-0.25, -0.2) is 23.5 Å². The molecule has 2 saturated heterocycles. The van der Waals surface area contributed by atoms with Crippen molar-refractivity contribution < 1.29 is 32.2 Å². The van der Waals surface area contributed by atoms with Crippen LogP contribution in [0.4, 0.5) is 25.2 Å². The summed E-state index contributed by atoms with van der Waals surface area (Å²) in [6.45, 7) is 22.7. The van der Waals surface area contributed by atoms with Gasteiger partial charge in [-0.1, -0.05) is 32.9 Å². The topological polar surface area (TPSA) is 102 Å². The number of hydrogen-bond donors (Lipinski definition) is 1. The van der Waals surface area contributed by atoms with Crippen LogP contribution in [-0.2, 0) is 13.9 Å². The first kappa shape index (κ1) is 39.7. The number of halogens is 2. The zero-order valence-electron chi connectivity index (χ0n) is 31.6. The number of alkyl halides is 2. The molecule has 2 aliphatic heterocycles. The van der Waals surface area contributed by atoms with Gasteiger partial charge in [-0.05, 0) is 64.4 Å². The van der Waals surface area contributed by atoms with E-state index in [1.807, 2.05) is 52.0 Å². The van der Waals surface area contributed by atoms with Gasteiger partial charge in [0, 0.05) is 49.5 Å². The van der Waals surface area contributed by atoms with E-state index >= 15 is 0 Å². The minimum absolute atomic E-state index is 0.0462. The number of nitrogens with zero attached hydrogens (tertiary/aromatic N) is 5. The molecule has 1 unspecified atom stereocenters. The summed E-state index contributed by atoms with van der Waals surface area (Å²) in [7, 11) is -0.853. The van der Waals surface area contributed by atoms with Crippen LogP contribution in [0.5, 0.6) is 5.75 Å². The molecule has 2 aromatic rings. The Balaban J connectivity index is 1.61. The van der Waals surface area contributed by atoms with E-state index in [0.717, 1.165) is 29.2 Å². The van der Waals surface area contributed by atoms with Gasteiger partial charge in [0.15, 0.2) is 14.1 Å². The van der Waals surface area contributed by atoms with Crippen LogP contribution in [0.15, 0.2) is 24.3 Å². The zero-order valence-corrected chi connectivity index (χ0v) is 32.6. The number of ether oxygens (including phenoxy) is 3. The summed E-state index contributed by atoms with van der Waals surface area (Å²) < 4.78 is 50.1. The average Bonchev–Trinajstić information content (AvgIpc) is 3.55. The molecule has 50 heavy (non-hydrogen) atoms. The predicted molar refractivity (Wildman–Crippen MR) is 196 cm³/mol. The Labute approximate surface area is 298 Å². The number of anilines is 2. The number of methoxy groups -OCH3 is 1. The minimum Gasteiger partial charge on any atom is -0.491 e. The van der Waals surface area contributed by atoms with Crippen molar-refractivity contribution in [1.82, 2.24) is 19.8 Å². The van der Waals surface area contributed by atoms with E-state index in [1.54, 1.807) is 9.80 Å². The second kappa shape index (κ2) is 16.5. The van der Waals surface area contributed by atoms with Crippen LogP contribution in [0.1, 0.15) is 53.5 Å².